The normalized spacial score (nSPS) is 11.9. The molecule has 0 spiro atoms. The molecule has 0 aliphatic carbocycles. The second-order valence-corrected chi connectivity index (χ2v) is 19.1. The van der Waals surface area contributed by atoms with Gasteiger partial charge in [0, 0.05) is 29.5 Å². The van der Waals surface area contributed by atoms with Crippen LogP contribution >= 0.6 is 0 Å². The zero-order valence-electron chi connectivity index (χ0n) is 43.6. The molecule has 0 atom stereocenters. The van der Waals surface area contributed by atoms with Gasteiger partial charge in [-0.15, -0.1) is 0 Å². The van der Waals surface area contributed by atoms with E-state index in [1.54, 1.807) is 36.7 Å². The number of nitrogens with zero attached hydrogens (tertiary/aromatic N) is 5. The van der Waals surface area contributed by atoms with Crippen LogP contribution < -0.4 is 20.0 Å². The fourth-order valence-corrected chi connectivity index (χ4v) is 8.77. The van der Waals surface area contributed by atoms with Crippen LogP contribution in [0.15, 0.2) is 90.2 Å². The average molecular weight is 953 g/mol. The lowest BCUT2D eigenvalue weighted by Crippen LogP contribution is -2.30. The predicted octanol–water partition coefficient (Wildman–Crippen LogP) is 16.4. The number of allylic oxidation sites excluding steroid dienone is 1. The van der Waals surface area contributed by atoms with E-state index in [1.165, 1.54) is 145 Å². The van der Waals surface area contributed by atoms with Gasteiger partial charge in [-0.3, -0.25) is 5.43 Å². The fourth-order valence-electron chi connectivity index (χ4n) is 8.77. The molecule has 0 radical (unpaired) electrons. The molecule has 6 rings (SSSR count). The summed E-state index contributed by atoms with van der Waals surface area (Å²) in [4.78, 5) is 14.6. The molecule has 3 N–H and O–H groups in total. The van der Waals surface area contributed by atoms with Crippen molar-refractivity contribution in [2.75, 3.05) is 18.3 Å². The van der Waals surface area contributed by atoms with Crippen LogP contribution in [0, 0.1) is 27.7 Å². The smallest absolute Gasteiger partial charge is 0.167 e. The molecule has 4 aromatic carbocycles. The highest BCUT2D eigenvalue weighted by Crippen LogP contribution is 2.35. The number of benzene rings is 4. The van der Waals surface area contributed by atoms with Crippen LogP contribution in [0.5, 0.6) is 23.0 Å². The lowest BCUT2D eigenvalue weighted by molar-refractivity contribution is 0.302. The molecule has 0 saturated carbocycles. The Hall–Kier alpha value is -5.90. The summed E-state index contributed by atoms with van der Waals surface area (Å²) in [6.45, 7) is 14.2. The number of hydrogen-bond donors (Lipinski definition) is 3. The van der Waals surface area contributed by atoms with Gasteiger partial charge in [0.15, 0.2) is 17.5 Å². The Morgan fingerprint density at radius 3 is 1.26 bits per heavy atom. The average Bonchev–Trinajstić information content (AvgIpc) is 3.35. The Morgan fingerprint density at radius 2 is 0.857 bits per heavy atom. The number of phenols is 2. The zero-order chi connectivity index (χ0) is 49.8. The number of rotatable bonds is 30. The van der Waals surface area contributed by atoms with Crippen LogP contribution in [0.1, 0.15) is 177 Å². The van der Waals surface area contributed by atoms with E-state index in [-0.39, 0.29) is 11.5 Å². The van der Waals surface area contributed by atoms with Gasteiger partial charge in [-0.1, -0.05) is 190 Å². The van der Waals surface area contributed by atoms with Crippen LogP contribution in [0.4, 0.5) is 5.69 Å². The van der Waals surface area contributed by atoms with Gasteiger partial charge in [0.05, 0.1) is 25.0 Å². The highest BCUT2D eigenvalue weighted by Gasteiger charge is 2.18. The SMILES string of the molecule is CCCCCCCCCCCCCOc1ccc(-c2nc(-c3ccc(C)cc3C)nc(-c3ccc(C)cc3C)n2)c(O)c1.CCCCCCCCCCCCCOc1ccc(N2N=CC=CN2)c(O)c1. The van der Waals surface area contributed by atoms with E-state index in [2.05, 4.69) is 88.5 Å². The molecule has 5 aromatic rings. The molecule has 378 valence electrons. The number of nitrogens with one attached hydrogen (secondary N) is 1. The highest BCUT2D eigenvalue weighted by molar-refractivity contribution is 5.75. The van der Waals surface area contributed by atoms with E-state index in [0.717, 1.165) is 35.1 Å². The highest BCUT2D eigenvalue weighted by atomic mass is 16.5. The molecule has 10 nitrogen and oxygen atoms in total. The molecular formula is C60H84N6O4. The van der Waals surface area contributed by atoms with Gasteiger partial charge in [-0.05, 0) is 82.0 Å². The number of phenolic OH excluding ortho intramolecular Hbond substituents is 2. The Labute approximate surface area is 421 Å². The number of aryl methyl sites for hydroxylation is 4. The monoisotopic (exact) mass is 953 g/mol. The number of ether oxygens (including phenoxy) is 2. The molecule has 70 heavy (non-hydrogen) atoms. The number of hydrazone groups is 1. The number of aromatic nitrogens is 3. The molecule has 0 fully saturated rings. The molecule has 1 aromatic heterocycles. The molecule has 0 amide bonds. The van der Waals surface area contributed by atoms with Crippen molar-refractivity contribution in [2.24, 2.45) is 5.10 Å². The summed E-state index contributed by atoms with van der Waals surface area (Å²) in [6.07, 6.45) is 34.1. The first-order valence-electron chi connectivity index (χ1n) is 26.8. The van der Waals surface area contributed by atoms with Crippen molar-refractivity contribution in [1.29, 1.82) is 0 Å². The summed E-state index contributed by atoms with van der Waals surface area (Å²) in [7, 11) is 0. The maximum atomic E-state index is 11.1. The maximum absolute atomic E-state index is 11.1. The number of aromatic hydroxyl groups is 2. The van der Waals surface area contributed by atoms with Gasteiger partial charge >= 0.3 is 0 Å². The predicted molar refractivity (Wildman–Crippen MR) is 292 cm³/mol. The van der Waals surface area contributed by atoms with E-state index in [9.17, 15) is 10.2 Å². The molecule has 1 aliphatic heterocycles. The first kappa shape index (κ1) is 55.0. The zero-order valence-corrected chi connectivity index (χ0v) is 43.6. The lowest BCUT2D eigenvalue weighted by atomic mass is 10.0. The summed E-state index contributed by atoms with van der Waals surface area (Å²) in [5.41, 5.74) is 10.6. The fraction of sp³-hybridized carbons (Fsp3) is 0.500. The Bertz CT molecular complexity index is 2290. The number of unbranched alkanes of at least 4 members (excludes halogenated alkanes) is 20. The van der Waals surface area contributed by atoms with Crippen LogP contribution in [-0.2, 0) is 0 Å². The first-order valence-corrected chi connectivity index (χ1v) is 26.8. The maximum Gasteiger partial charge on any atom is 0.167 e. The van der Waals surface area contributed by atoms with Crippen molar-refractivity contribution in [3.8, 4) is 57.2 Å². The number of anilines is 1. The van der Waals surface area contributed by atoms with E-state index in [0.29, 0.717) is 53.4 Å². The third kappa shape index (κ3) is 19.1. The quantitative estimate of drug-likeness (QED) is 0.0386. The van der Waals surface area contributed by atoms with Gasteiger partial charge < -0.3 is 19.7 Å². The Kier molecular flexibility index (Phi) is 24.6. The molecule has 2 heterocycles. The second-order valence-electron chi connectivity index (χ2n) is 19.1. The van der Waals surface area contributed by atoms with Crippen molar-refractivity contribution >= 4 is 11.9 Å². The summed E-state index contributed by atoms with van der Waals surface area (Å²) in [5, 5.41) is 26.9. The van der Waals surface area contributed by atoms with Crippen LogP contribution in [0.3, 0.4) is 0 Å². The summed E-state index contributed by atoms with van der Waals surface area (Å²) in [5.74, 6) is 3.22. The third-order valence-corrected chi connectivity index (χ3v) is 12.9. The van der Waals surface area contributed by atoms with E-state index >= 15 is 0 Å². The second kappa shape index (κ2) is 31.4. The molecule has 0 bridgehead atoms. The summed E-state index contributed by atoms with van der Waals surface area (Å²) >= 11 is 0. The van der Waals surface area contributed by atoms with Gasteiger partial charge in [0.25, 0.3) is 0 Å². The number of hydrazine groups is 1. The molecule has 0 saturated heterocycles. The molecule has 10 heteroatoms. The van der Waals surface area contributed by atoms with Crippen LogP contribution in [0.2, 0.25) is 0 Å². The standard InChI is InChI=1S/C38H49N3O2.C22H35N3O2/c1-6-7-8-9-10-11-12-13-14-15-16-23-43-31-19-22-34(35(42)26-31)38-40-36(32-20-17-27(2)24-29(32)4)39-37(41-38)33-21-18-28(3)25-30(33)5;1-2-3-4-5-6-7-8-9-10-11-12-18-27-20-14-15-21(22(26)19-20)25-23-16-13-17-24-25/h17-22,24-26,42H,6-16,23H2,1-5H3;13-17,19,23,26H,2-12,18H2,1H3. The molecule has 1 aliphatic rings. The minimum absolute atomic E-state index is 0.0980. The van der Waals surface area contributed by atoms with Crippen molar-refractivity contribution in [1.82, 2.24) is 20.4 Å². The van der Waals surface area contributed by atoms with E-state index in [4.69, 9.17) is 24.4 Å². The van der Waals surface area contributed by atoms with Gasteiger partial charge in [-0.2, -0.15) is 10.2 Å². The minimum atomic E-state index is 0.0980. The van der Waals surface area contributed by atoms with E-state index in [1.807, 2.05) is 18.2 Å². The van der Waals surface area contributed by atoms with Crippen molar-refractivity contribution in [3.05, 3.63) is 107 Å². The summed E-state index contributed by atoms with van der Waals surface area (Å²) in [6, 6.07) is 23.2. The minimum Gasteiger partial charge on any atom is -0.507 e. The van der Waals surface area contributed by atoms with Crippen LogP contribution in [0.25, 0.3) is 34.2 Å². The van der Waals surface area contributed by atoms with Gasteiger partial charge in [-0.25, -0.2) is 15.0 Å². The van der Waals surface area contributed by atoms with E-state index < -0.39 is 0 Å². The first-order chi connectivity index (χ1) is 34.2. The molecule has 0 unspecified atom stereocenters. The lowest BCUT2D eigenvalue weighted by Gasteiger charge is -2.21. The Morgan fingerprint density at radius 1 is 0.457 bits per heavy atom. The van der Waals surface area contributed by atoms with Crippen molar-refractivity contribution in [3.63, 3.8) is 0 Å². The molecular weight excluding hydrogens is 869 g/mol. The van der Waals surface area contributed by atoms with Crippen molar-refractivity contribution in [2.45, 2.75) is 183 Å². The summed E-state index contributed by atoms with van der Waals surface area (Å²) < 4.78 is 11.7. The van der Waals surface area contributed by atoms with Crippen molar-refractivity contribution < 1.29 is 19.7 Å². The van der Waals surface area contributed by atoms with Gasteiger partial charge in [0.2, 0.25) is 0 Å². The topological polar surface area (TPSA) is 125 Å². The van der Waals surface area contributed by atoms with Gasteiger partial charge in [0.1, 0.15) is 28.7 Å². The largest absolute Gasteiger partial charge is 0.507 e. The Balaban J connectivity index is 0.000000290. The third-order valence-electron chi connectivity index (χ3n) is 12.9. The number of hydrogen-bond acceptors (Lipinski definition) is 10. The van der Waals surface area contributed by atoms with Crippen LogP contribution in [-0.4, -0.2) is 44.6 Å².